The summed E-state index contributed by atoms with van der Waals surface area (Å²) in [5.74, 6) is -1.49. The lowest BCUT2D eigenvalue weighted by molar-refractivity contribution is -0.156. The molecule has 34 heavy (non-hydrogen) atoms. The lowest BCUT2D eigenvalue weighted by atomic mass is 9.94. The van der Waals surface area contributed by atoms with E-state index >= 15 is 0 Å². The van der Waals surface area contributed by atoms with E-state index in [9.17, 15) is 9.59 Å². The highest BCUT2D eigenvalue weighted by Crippen LogP contribution is 2.19. The molecule has 0 saturated heterocycles. The molecule has 1 atom stereocenters. The molecule has 0 aliphatic heterocycles. The van der Waals surface area contributed by atoms with Crippen LogP contribution in [0.25, 0.3) is 0 Å². The Morgan fingerprint density at radius 3 is 1.74 bits per heavy atom. The molecule has 0 spiro atoms. The summed E-state index contributed by atoms with van der Waals surface area (Å²) in [6.07, 6.45) is 1.13. The van der Waals surface area contributed by atoms with Gasteiger partial charge in [-0.25, -0.2) is 4.79 Å². The molecular formula is C29H31NO4. The third-order valence-corrected chi connectivity index (χ3v) is 5.09. The van der Waals surface area contributed by atoms with E-state index in [1.807, 2.05) is 60.7 Å². The number of benzene rings is 3. The number of aliphatic imine (C=N–C) groups is 1. The Morgan fingerprint density at radius 2 is 1.38 bits per heavy atom. The van der Waals surface area contributed by atoms with Gasteiger partial charge in [0.25, 0.3) is 0 Å². The molecule has 0 fully saturated rings. The van der Waals surface area contributed by atoms with E-state index in [4.69, 9.17) is 9.84 Å². The number of ether oxygens (including phenoxy) is 1. The van der Waals surface area contributed by atoms with Crippen molar-refractivity contribution in [1.29, 1.82) is 0 Å². The predicted octanol–water partition coefficient (Wildman–Crippen LogP) is 5.69. The maximum atomic E-state index is 12.6. The summed E-state index contributed by atoms with van der Waals surface area (Å²) in [6.45, 7) is 5.33. The molecule has 0 saturated carbocycles. The summed E-state index contributed by atoms with van der Waals surface area (Å²) in [5.41, 5.74) is 4.64. The Balaban J connectivity index is 0.000000387. The number of hydrogen-bond donors (Lipinski definition) is 1. The van der Waals surface area contributed by atoms with Gasteiger partial charge in [0.05, 0.1) is 5.71 Å². The molecule has 5 nitrogen and oxygen atoms in total. The van der Waals surface area contributed by atoms with Crippen molar-refractivity contribution in [3.8, 4) is 0 Å². The van der Waals surface area contributed by atoms with Gasteiger partial charge in [0.1, 0.15) is 11.6 Å². The number of carboxylic acid groups (broad SMARTS) is 1. The highest BCUT2D eigenvalue weighted by Gasteiger charge is 2.26. The van der Waals surface area contributed by atoms with Gasteiger partial charge < -0.3 is 9.84 Å². The number of hydrogen-bond acceptors (Lipinski definition) is 4. The zero-order valence-corrected chi connectivity index (χ0v) is 19.9. The average Bonchev–Trinajstić information content (AvgIpc) is 2.79. The number of esters is 1. The zero-order chi connectivity index (χ0) is 24.6. The first-order valence-electron chi connectivity index (χ1n) is 11.4. The van der Waals surface area contributed by atoms with Crippen LogP contribution in [-0.2, 0) is 20.7 Å². The molecule has 5 heteroatoms. The largest absolute Gasteiger partial charge is 0.481 e. The standard InChI is InChI=1S/C22H25NO4.C7H6/c1-22(2,3)27-21(26)18(14-15-19(24)25)23-20(16-10-6-4-7-11-16)17-12-8-5-9-13-17;1-2-6-4-7(3-1)5-6/h4-13,18H,14-15H2,1-3H3,(H,24,25);1-4H,5H2. The van der Waals surface area contributed by atoms with Crippen LogP contribution in [0.5, 0.6) is 0 Å². The van der Waals surface area contributed by atoms with Gasteiger partial charge in [-0.2, -0.15) is 0 Å². The van der Waals surface area contributed by atoms with Crippen molar-refractivity contribution in [2.24, 2.45) is 4.99 Å². The number of rotatable bonds is 7. The second kappa shape index (κ2) is 11.4. The lowest BCUT2D eigenvalue weighted by Gasteiger charge is -2.23. The highest BCUT2D eigenvalue weighted by atomic mass is 16.6. The predicted molar refractivity (Wildman–Crippen MR) is 134 cm³/mol. The van der Waals surface area contributed by atoms with Crippen LogP contribution in [0.15, 0.2) is 89.9 Å². The van der Waals surface area contributed by atoms with Crippen LogP contribution in [0.1, 0.15) is 55.9 Å². The number of nitrogens with zero attached hydrogens (tertiary/aromatic N) is 1. The van der Waals surface area contributed by atoms with E-state index in [1.165, 1.54) is 17.5 Å². The van der Waals surface area contributed by atoms with Gasteiger partial charge in [-0.3, -0.25) is 9.79 Å². The molecule has 1 N–H and O–H groups in total. The fraction of sp³-hybridized carbons (Fsp3) is 0.276. The molecule has 0 amide bonds. The molecule has 3 aromatic carbocycles. The summed E-state index contributed by atoms with van der Waals surface area (Å²) in [7, 11) is 0. The van der Waals surface area contributed by atoms with Crippen LogP contribution in [0.3, 0.4) is 0 Å². The molecule has 0 radical (unpaired) electrons. The smallest absolute Gasteiger partial charge is 0.331 e. The van der Waals surface area contributed by atoms with Gasteiger partial charge in [0.15, 0.2) is 0 Å². The first-order chi connectivity index (χ1) is 16.2. The summed E-state index contributed by atoms with van der Waals surface area (Å²) in [6, 6.07) is 26.8. The normalized spacial score (nSPS) is 12.3. The Bertz CT molecular complexity index is 1070. The van der Waals surface area contributed by atoms with Crippen LogP contribution in [0.4, 0.5) is 0 Å². The quantitative estimate of drug-likeness (QED) is 0.286. The van der Waals surface area contributed by atoms with Crippen molar-refractivity contribution in [3.63, 3.8) is 0 Å². The maximum absolute atomic E-state index is 12.6. The first kappa shape index (κ1) is 24.9. The zero-order valence-electron chi connectivity index (χ0n) is 19.9. The maximum Gasteiger partial charge on any atom is 0.331 e. The number of carbonyl (C=O) groups excluding carboxylic acids is 1. The number of carboxylic acids is 1. The Kier molecular flexibility index (Phi) is 8.36. The van der Waals surface area contributed by atoms with Gasteiger partial charge in [-0.15, -0.1) is 0 Å². The molecule has 176 valence electrons. The topological polar surface area (TPSA) is 76.0 Å². The summed E-state index contributed by atoms with van der Waals surface area (Å²) in [5, 5.41) is 9.04. The molecule has 3 aromatic rings. The fourth-order valence-electron chi connectivity index (χ4n) is 3.48. The van der Waals surface area contributed by atoms with E-state index in [0.717, 1.165) is 11.1 Å². The summed E-state index contributed by atoms with van der Waals surface area (Å²) < 4.78 is 5.47. The van der Waals surface area contributed by atoms with Crippen LogP contribution in [-0.4, -0.2) is 34.4 Å². The van der Waals surface area contributed by atoms with Gasteiger partial charge in [0.2, 0.25) is 0 Å². The van der Waals surface area contributed by atoms with E-state index in [2.05, 4.69) is 29.3 Å². The fourth-order valence-corrected chi connectivity index (χ4v) is 3.48. The molecule has 0 aromatic heterocycles. The van der Waals surface area contributed by atoms with Crippen molar-refractivity contribution in [3.05, 3.63) is 107 Å². The van der Waals surface area contributed by atoms with Crippen LogP contribution >= 0.6 is 0 Å². The summed E-state index contributed by atoms with van der Waals surface area (Å²) in [4.78, 5) is 28.3. The van der Waals surface area contributed by atoms with E-state index in [1.54, 1.807) is 20.8 Å². The van der Waals surface area contributed by atoms with Crippen molar-refractivity contribution in [2.75, 3.05) is 0 Å². The van der Waals surface area contributed by atoms with Crippen LogP contribution < -0.4 is 0 Å². The third-order valence-electron chi connectivity index (χ3n) is 5.09. The first-order valence-corrected chi connectivity index (χ1v) is 11.4. The van der Waals surface area contributed by atoms with Crippen molar-refractivity contribution in [2.45, 2.75) is 51.7 Å². The number of fused-ring (bicyclic) bond motifs is 2. The van der Waals surface area contributed by atoms with E-state index in [0.29, 0.717) is 5.71 Å². The highest BCUT2D eigenvalue weighted by molar-refractivity contribution is 6.13. The number of carbonyl (C=O) groups is 2. The molecule has 1 unspecified atom stereocenters. The SMILES string of the molecule is CC(C)(C)OC(=O)C(CCC(=O)O)N=C(c1ccccc1)c1ccccc1.c1cc2cc(c1)C2. The minimum atomic E-state index is -0.972. The van der Waals surface area contributed by atoms with Crippen LogP contribution in [0, 0.1) is 0 Å². The van der Waals surface area contributed by atoms with Crippen molar-refractivity contribution >= 4 is 17.7 Å². The minimum Gasteiger partial charge on any atom is -0.481 e. The van der Waals surface area contributed by atoms with Gasteiger partial charge in [0, 0.05) is 17.5 Å². The van der Waals surface area contributed by atoms with Gasteiger partial charge >= 0.3 is 11.9 Å². The average molecular weight is 458 g/mol. The van der Waals surface area contributed by atoms with E-state index in [-0.39, 0.29) is 12.8 Å². The minimum absolute atomic E-state index is 0.0768. The molecule has 2 bridgehead atoms. The monoisotopic (exact) mass is 457 g/mol. The third kappa shape index (κ3) is 7.69. The molecular weight excluding hydrogens is 426 g/mol. The Hall–Kier alpha value is -3.73. The van der Waals surface area contributed by atoms with Crippen LogP contribution in [0.2, 0.25) is 0 Å². The molecule has 0 heterocycles. The number of aliphatic carboxylic acids is 1. The van der Waals surface area contributed by atoms with Gasteiger partial charge in [-0.1, -0.05) is 84.9 Å². The second-order valence-corrected chi connectivity index (χ2v) is 9.19. The van der Waals surface area contributed by atoms with Crippen molar-refractivity contribution in [1.82, 2.24) is 0 Å². The second-order valence-electron chi connectivity index (χ2n) is 9.19. The molecule has 2 aliphatic carbocycles. The van der Waals surface area contributed by atoms with Gasteiger partial charge in [-0.05, 0) is 44.7 Å². The Labute approximate surface area is 201 Å². The van der Waals surface area contributed by atoms with Crippen molar-refractivity contribution < 1.29 is 19.4 Å². The lowest BCUT2D eigenvalue weighted by Crippen LogP contribution is -2.32. The molecule has 5 rings (SSSR count). The van der Waals surface area contributed by atoms with E-state index < -0.39 is 23.6 Å². The molecule has 2 aliphatic rings. The Morgan fingerprint density at radius 1 is 0.882 bits per heavy atom. The summed E-state index contributed by atoms with van der Waals surface area (Å²) >= 11 is 0.